The Balaban J connectivity index is 1.32. The van der Waals surface area contributed by atoms with E-state index in [1.807, 2.05) is 0 Å². The standard InChI is InChI=1S/C22H26ClFN8/c23-17-11-15(1-2-18(17)24)29-21-20-19(27-13-28-21)12-26-22(30-20)32-9-5-16(6-10-32)31-7-3-14(25)4-8-31/h1-2,11-14,16H,3-10,25H2,(H,27,28,29). The minimum atomic E-state index is -0.467. The number of aromatic nitrogens is 4. The topological polar surface area (TPSA) is 96.1 Å². The summed E-state index contributed by atoms with van der Waals surface area (Å²) in [4.78, 5) is 22.7. The zero-order chi connectivity index (χ0) is 22.1. The van der Waals surface area contributed by atoms with Crippen LogP contribution in [0.2, 0.25) is 5.02 Å². The van der Waals surface area contributed by atoms with Crippen LogP contribution in [0.4, 0.5) is 21.8 Å². The predicted octanol–water partition coefficient (Wildman–Crippen LogP) is 3.35. The number of hydrogen-bond donors (Lipinski definition) is 2. The van der Waals surface area contributed by atoms with E-state index in [4.69, 9.17) is 22.3 Å². The lowest BCUT2D eigenvalue weighted by atomic mass is 9.98. The number of benzene rings is 1. The van der Waals surface area contributed by atoms with Gasteiger partial charge in [0.25, 0.3) is 0 Å². The Hall–Kier alpha value is -2.62. The lowest BCUT2D eigenvalue weighted by molar-refractivity contribution is 0.132. The van der Waals surface area contributed by atoms with Gasteiger partial charge < -0.3 is 20.9 Å². The van der Waals surface area contributed by atoms with Gasteiger partial charge in [0.05, 0.1) is 11.2 Å². The quantitative estimate of drug-likeness (QED) is 0.617. The van der Waals surface area contributed by atoms with Gasteiger partial charge in [0.15, 0.2) is 5.82 Å². The van der Waals surface area contributed by atoms with E-state index in [0.29, 0.717) is 40.6 Å². The van der Waals surface area contributed by atoms with Crippen LogP contribution in [0.3, 0.4) is 0 Å². The molecule has 2 saturated heterocycles. The molecule has 0 unspecified atom stereocenters. The van der Waals surface area contributed by atoms with Crippen LogP contribution < -0.4 is 16.0 Å². The highest BCUT2D eigenvalue weighted by Crippen LogP contribution is 2.27. The number of anilines is 3. The van der Waals surface area contributed by atoms with E-state index < -0.39 is 5.82 Å². The maximum atomic E-state index is 13.5. The van der Waals surface area contributed by atoms with Gasteiger partial charge in [-0.3, -0.25) is 0 Å². The van der Waals surface area contributed by atoms with Gasteiger partial charge in [-0.2, -0.15) is 0 Å². The van der Waals surface area contributed by atoms with Crippen LogP contribution in [0.25, 0.3) is 11.0 Å². The summed E-state index contributed by atoms with van der Waals surface area (Å²) in [6, 6.07) is 5.39. The molecule has 8 nitrogen and oxygen atoms in total. The molecule has 3 aromatic rings. The predicted molar refractivity (Wildman–Crippen MR) is 124 cm³/mol. The number of halogens is 2. The molecule has 2 fully saturated rings. The number of likely N-dealkylation sites (tertiary alicyclic amines) is 1. The molecule has 3 N–H and O–H groups in total. The third-order valence-electron chi connectivity index (χ3n) is 6.38. The molecular weight excluding hydrogens is 431 g/mol. The zero-order valence-electron chi connectivity index (χ0n) is 17.7. The van der Waals surface area contributed by atoms with Crippen molar-refractivity contribution >= 4 is 40.1 Å². The fraction of sp³-hybridized carbons (Fsp3) is 0.455. The first-order valence-electron chi connectivity index (χ1n) is 11.0. The summed E-state index contributed by atoms with van der Waals surface area (Å²) in [5.41, 5.74) is 7.93. The molecule has 0 atom stereocenters. The Morgan fingerprint density at radius 3 is 2.56 bits per heavy atom. The van der Waals surface area contributed by atoms with Crippen molar-refractivity contribution in [1.29, 1.82) is 0 Å². The lowest BCUT2D eigenvalue weighted by Gasteiger charge is -2.41. The van der Waals surface area contributed by atoms with Gasteiger partial charge in [0.2, 0.25) is 5.95 Å². The van der Waals surface area contributed by atoms with Crippen LogP contribution in [0, 0.1) is 5.82 Å². The minimum absolute atomic E-state index is 0.0437. The number of nitrogens with two attached hydrogens (primary N) is 1. The largest absolute Gasteiger partial charge is 0.341 e. The van der Waals surface area contributed by atoms with Crippen molar-refractivity contribution < 1.29 is 4.39 Å². The molecule has 0 bridgehead atoms. The normalized spacial score (nSPS) is 18.9. The van der Waals surface area contributed by atoms with Crippen molar-refractivity contribution in [3.05, 3.63) is 41.6 Å². The van der Waals surface area contributed by atoms with Crippen molar-refractivity contribution in [2.45, 2.75) is 37.8 Å². The second-order valence-corrected chi connectivity index (χ2v) is 8.88. The SMILES string of the molecule is NC1CCN(C2CCN(c3ncc4ncnc(Nc5ccc(F)c(Cl)c5)c4n3)CC2)CC1. The first-order valence-corrected chi connectivity index (χ1v) is 11.4. The highest BCUT2D eigenvalue weighted by molar-refractivity contribution is 6.31. The second kappa shape index (κ2) is 9.09. The highest BCUT2D eigenvalue weighted by atomic mass is 35.5. The fourth-order valence-corrected chi connectivity index (χ4v) is 4.70. The number of nitrogens with one attached hydrogen (secondary N) is 1. The van der Waals surface area contributed by atoms with Crippen LogP contribution in [-0.4, -0.2) is 63.1 Å². The van der Waals surface area contributed by atoms with Crippen molar-refractivity contribution in [2.24, 2.45) is 5.73 Å². The smallest absolute Gasteiger partial charge is 0.226 e. The summed E-state index contributed by atoms with van der Waals surface area (Å²) in [7, 11) is 0. The molecule has 1 aromatic carbocycles. The Labute approximate surface area is 191 Å². The van der Waals surface area contributed by atoms with E-state index in [-0.39, 0.29) is 5.02 Å². The van der Waals surface area contributed by atoms with E-state index in [1.165, 1.54) is 18.5 Å². The molecular formula is C22H26ClFN8. The third-order valence-corrected chi connectivity index (χ3v) is 6.67. The van der Waals surface area contributed by atoms with E-state index in [2.05, 4.69) is 30.1 Å². The fourth-order valence-electron chi connectivity index (χ4n) is 4.51. The molecule has 168 valence electrons. The van der Waals surface area contributed by atoms with Gasteiger partial charge in [-0.1, -0.05) is 11.6 Å². The van der Waals surface area contributed by atoms with Crippen molar-refractivity contribution in [1.82, 2.24) is 24.8 Å². The summed E-state index contributed by atoms with van der Waals surface area (Å²) in [6.07, 6.45) is 7.52. The number of rotatable bonds is 4. The van der Waals surface area contributed by atoms with Gasteiger partial charge in [-0.15, -0.1) is 0 Å². The molecule has 0 radical (unpaired) electrons. The highest BCUT2D eigenvalue weighted by Gasteiger charge is 2.28. The molecule has 0 aliphatic carbocycles. The molecule has 5 rings (SSSR count). The van der Waals surface area contributed by atoms with Crippen LogP contribution >= 0.6 is 11.6 Å². The van der Waals surface area contributed by atoms with E-state index in [0.717, 1.165) is 51.9 Å². The zero-order valence-corrected chi connectivity index (χ0v) is 18.5. The molecule has 2 aliphatic rings. The maximum absolute atomic E-state index is 13.5. The molecule has 0 spiro atoms. The van der Waals surface area contributed by atoms with Crippen LogP contribution in [0.5, 0.6) is 0 Å². The maximum Gasteiger partial charge on any atom is 0.226 e. The molecule has 2 aromatic heterocycles. The first kappa shape index (κ1) is 21.2. The van der Waals surface area contributed by atoms with Crippen molar-refractivity contribution in [2.75, 3.05) is 36.4 Å². The van der Waals surface area contributed by atoms with Gasteiger partial charge in [-0.05, 0) is 57.0 Å². The molecule has 4 heterocycles. The van der Waals surface area contributed by atoms with Crippen LogP contribution in [0.1, 0.15) is 25.7 Å². The Morgan fingerprint density at radius 2 is 1.81 bits per heavy atom. The Bertz CT molecular complexity index is 1100. The Kier molecular flexibility index (Phi) is 6.03. The molecule has 32 heavy (non-hydrogen) atoms. The summed E-state index contributed by atoms with van der Waals surface area (Å²) >= 11 is 5.91. The summed E-state index contributed by atoms with van der Waals surface area (Å²) in [5, 5.41) is 3.21. The average Bonchev–Trinajstić information content (AvgIpc) is 2.82. The first-order chi connectivity index (χ1) is 15.6. The summed E-state index contributed by atoms with van der Waals surface area (Å²) in [6.45, 7) is 4.00. The van der Waals surface area contributed by atoms with Gasteiger partial charge in [-0.25, -0.2) is 24.3 Å². The monoisotopic (exact) mass is 456 g/mol. The van der Waals surface area contributed by atoms with Gasteiger partial charge in [0.1, 0.15) is 23.2 Å². The van der Waals surface area contributed by atoms with Gasteiger partial charge >= 0.3 is 0 Å². The molecule has 2 aliphatic heterocycles. The van der Waals surface area contributed by atoms with Crippen molar-refractivity contribution in [3.8, 4) is 0 Å². The van der Waals surface area contributed by atoms with Crippen molar-refractivity contribution in [3.63, 3.8) is 0 Å². The number of fused-ring (bicyclic) bond motifs is 1. The number of hydrogen-bond acceptors (Lipinski definition) is 8. The summed E-state index contributed by atoms with van der Waals surface area (Å²) < 4.78 is 13.5. The average molecular weight is 457 g/mol. The Morgan fingerprint density at radius 1 is 1.03 bits per heavy atom. The number of nitrogens with zero attached hydrogens (tertiary/aromatic N) is 6. The van der Waals surface area contributed by atoms with E-state index in [1.54, 1.807) is 12.3 Å². The third kappa shape index (κ3) is 4.46. The van der Waals surface area contributed by atoms with E-state index >= 15 is 0 Å². The van der Waals surface area contributed by atoms with E-state index in [9.17, 15) is 4.39 Å². The number of piperidine rings is 2. The molecule has 10 heteroatoms. The summed E-state index contributed by atoms with van der Waals surface area (Å²) in [5.74, 6) is 0.734. The second-order valence-electron chi connectivity index (χ2n) is 8.47. The molecule has 0 amide bonds. The molecule has 0 saturated carbocycles. The lowest BCUT2D eigenvalue weighted by Crippen LogP contribution is -2.49. The minimum Gasteiger partial charge on any atom is -0.341 e. The van der Waals surface area contributed by atoms with Gasteiger partial charge in [0, 0.05) is 30.9 Å². The van der Waals surface area contributed by atoms with Crippen LogP contribution in [-0.2, 0) is 0 Å². The van der Waals surface area contributed by atoms with Crippen LogP contribution in [0.15, 0.2) is 30.7 Å².